The molecule has 0 saturated heterocycles. The minimum Gasteiger partial charge on any atom is -0.447 e. The van der Waals surface area contributed by atoms with E-state index in [1.165, 1.54) is 12.1 Å². The van der Waals surface area contributed by atoms with Crippen molar-refractivity contribution in [1.82, 2.24) is 0 Å². The summed E-state index contributed by atoms with van der Waals surface area (Å²) in [5.74, 6) is -0.884. The Morgan fingerprint density at radius 2 is 2.00 bits per heavy atom. The van der Waals surface area contributed by atoms with Crippen molar-refractivity contribution >= 4 is 5.69 Å². The van der Waals surface area contributed by atoms with Gasteiger partial charge in [-0.05, 0) is 23.8 Å². The van der Waals surface area contributed by atoms with E-state index in [1.807, 2.05) is 0 Å². The average molecular weight is 262 g/mol. The van der Waals surface area contributed by atoms with Crippen LogP contribution in [0.2, 0.25) is 0 Å². The maximum atomic E-state index is 13.6. The lowest BCUT2D eigenvalue weighted by atomic mass is 10.2. The van der Waals surface area contributed by atoms with E-state index in [2.05, 4.69) is 0 Å². The summed E-state index contributed by atoms with van der Waals surface area (Å²) in [6.07, 6.45) is 0. The summed E-state index contributed by atoms with van der Waals surface area (Å²) in [5, 5.41) is 10.8. The highest BCUT2D eigenvalue weighted by atomic mass is 19.1. The molecule has 2 N–H and O–H groups in total. The van der Waals surface area contributed by atoms with Crippen LogP contribution in [-0.4, -0.2) is 4.92 Å². The summed E-state index contributed by atoms with van der Waals surface area (Å²) in [7, 11) is 0. The van der Waals surface area contributed by atoms with Crippen molar-refractivity contribution in [2.24, 2.45) is 5.73 Å². The molecule has 0 radical (unpaired) electrons. The van der Waals surface area contributed by atoms with E-state index in [-0.39, 0.29) is 0 Å². The first-order valence-electron chi connectivity index (χ1n) is 5.51. The molecule has 0 aromatic heterocycles. The summed E-state index contributed by atoms with van der Waals surface area (Å²) in [5.41, 5.74) is 5.85. The molecule has 0 heterocycles. The van der Waals surface area contributed by atoms with Crippen LogP contribution in [0.25, 0.3) is 0 Å². The lowest BCUT2D eigenvalue weighted by Gasteiger charge is -2.08. The number of nitrogens with two attached hydrogens (primary N) is 1. The van der Waals surface area contributed by atoms with E-state index in [9.17, 15) is 14.5 Å². The fraction of sp³-hybridized carbons (Fsp3) is 0.0769. The number of benzene rings is 2. The van der Waals surface area contributed by atoms with Gasteiger partial charge in [-0.3, -0.25) is 10.1 Å². The van der Waals surface area contributed by atoms with E-state index in [1.54, 1.807) is 24.3 Å². The van der Waals surface area contributed by atoms with E-state index in [0.717, 1.165) is 11.6 Å². The first-order chi connectivity index (χ1) is 9.11. The van der Waals surface area contributed by atoms with Crippen LogP contribution in [0.15, 0.2) is 42.5 Å². The Labute approximate surface area is 108 Å². The zero-order chi connectivity index (χ0) is 13.8. The summed E-state index contributed by atoms with van der Waals surface area (Å²) in [4.78, 5) is 10.1. The van der Waals surface area contributed by atoms with Crippen LogP contribution in [0.1, 0.15) is 5.56 Å². The molecule has 5 nitrogen and oxygen atoms in total. The Bertz CT molecular complexity index is 617. The molecule has 0 aliphatic rings. The van der Waals surface area contributed by atoms with E-state index in [0.29, 0.717) is 12.3 Å². The third-order valence-electron chi connectivity index (χ3n) is 2.50. The fourth-order valence-corrected chi connectivity index (χ4v) is 1.60. The Balaban J connectivity index is 2.40. The second-order valence-corrected chi connectivity index (χ2v) is 3.80. The number of hydrogen-bond acceptors (Lipinski definition) is 4. The molecule has 0 atom stereocenters. The molecular weight excluding hydrogens is 251 g/mol. The van der Waals surface area contributed by atoms with Gasteiger partial charge in [0, 0.05) is 12.6 Å². The fourth-order valence-electron chi connectivity index (χ4n) is 1.60. The molecule has 0 amide bonds. The SMILES string of the molecule is NCc1cccc(Oc2c(F)cccc2[N+](=O)[O-])c1. The van der Waals surface area contributed by atoms with Gasteiger partial charge in [0.25, 0.3) is 0 Å². The molecule has 98 valence electrons. The molecule has 2 rings (SSSR count). The van der Waals surface area contributed by atoms with Crippen molar-refractivity contribution in [3.05, 3.63) is 64.0 Å². The Kier molecular flexibility index (Phi) is 3.72. The number of hydrogen-bond donors (Lipinski definition) is 1. The highest BCUT2D eigenvalue weighted by Gasteiger charge is 2.20. The van der Waals surface area contributed by atoms with Crippen LogP contribution in [-0.2, 0) is 6.54 Å². The number of nitrogens with zero attached hydrogens (tertiary/aromatic N) is 1. The summed E-state index contributed by atoms with van der Waals surface area (Å²) < 4.78 is 18.9. The first kappa shape index (κ1) is 13.0. The highest BCUT2D eigenvalue weighted by Crippen LogP contribution is 2.33. The summed E-state index contributed by atoms with van der Waals surface area (Å²) in [6, 6.07) is 10.2. The molecular formula is C13H11FN2O3. The van der Waals surface area contributed by atoms with Crippen LogP contribution >= 0.6 is 0 Å². The minimum absolute atomic E-state index is 0.302. The van der Waals surface area contributed by atoms with Gasteiger partial charge >= 0.3 is 5.69 Å². The van der Waals surface area contributed by atoms with E-state index in [4.69, 9.17) is 10.5 Å². The van der Waals surface area contributed by atoms with Crippen molar-refractivity contribution in [1.29, 1.82) is 0 Å². The Hall–Kier alpha value is -2.47. The van der Waals surface area contributed by atoms with Crippen molar-refractivity contribution in [3.8, 4) is 11.5 Å². The topological polar surface area (TPSA) is 78.4 Å². The number of halogens is 1. The number of nitro benzene ring substituents is 1. The van der Waals surface area contributed by atoms with Crippen molar-refractivity contribution in [3.63, 3.8) is 0 Å². The zero-order valence-corrected chi connectivity index (χ0v) is 9.88. The zero-order valence-electron chi connectivity index (χ0n) is 9.88. The van der Waals surface area contributed by atoms with Gasteiger partial charge in [-0.25, -0.2) is 4.39 Å². The summed E-state index contributed by atoms with van der Waals surface area (Å²) in [6.45, 7) is 0.302. The monoisotopic (exact) mass is 262 g/mol. The minimum atomic E-state index is -0.785. The molecule has 0 aliphatic carbocycles. The Morgan fingerprint density at radius 3 is 2.68 bits per heavy atom. The normalized spacial score (nSPS) is 10.2. The number of rotatable bonds is 4. The smallest absolute Gasteiger partial charge is 0.314 e. The van der Waals surface area contributed by atoms with Gasteiger partial charge in [0.1, 0.15) is 5.75 Å². The largest absolute Gasteiger partial charge is 0.447 e. The van der Waals surface area contributed by atoms with Crippen LogP contribution in [0, 0.1) is 15.9 Å². The molecule has 0 fully saturated rings. The molecule has 0 unspecified atom stereocenters. The van der Waals surface area contributed by atoms with Crippen LogP contribution in [0.4, 0.5) is 10.1 Å². The number of para-hydroxylation sites is 1. The van der Waals surface area contributed by atoms with Crippen LogP contribution < -0.4 is 10.5 Å². The van der Waals surface area contributed by atoms with Crippen molar-refractivity contribution < 1.29 is 14.1 Å². The molecule has 6 heteroatoms. The second-order valence-electron chi connectivity index (χ2n) is 3.80. The second kappa shape index (κ2) is 5.45. The van der Waals surface area contributed by atoms with Crippen molar-refractivity contribution in [2.75, 3.05) is 0 Å². The predicted octanol–water partition coefficient (Wildman–Crippen LogP) is 2.98. The molecule has 0 bridgehead atoms. The van der Waals surface area contributed by atoms with Gasteiger partial charge in [0.2, 0.25) is 5.75 Å². The van der Waals surface area contributed by atoms with Gasteiger partial charge in [0.05, 0.1) is 4.92 Å². The molecule has 0 aliphatic heterocycles. The predicted molar refractivity (Wildman–Crippen MR) is 67.5 cm³/mol. The molecule has 0 spiro atoms. The summed E-state index contributed by atoms with van der Waals surface area (Å²) >= 11 is 0. The molecule has 0 saturated carbocycles. The third kappa shape index (κ3) is 2.86. The average Bonchev–Trinajstić information content (AvgIpc) is 2.41. The van der Waals surface area contributed by atoms with E-state index < -0.39 is 22.2 Å². The Morgan fingerprint density at radius 1 is 1.26 bits per heavy atom. The maximum absolute atomic E-state index is 13.6. The lowest BCUT2D eigenvalue weighted by Crippen LogP contribution is -1.98. The van der Waals surface area contributed by atoms with Gasteiger partial charge < -0.3 is 10.5 Å². The quantitative estimate of drug-likeness (QED) is 0.678. The third-order valence-corrected chi connectivity index (χ3v) is 2.50. The van der Waals surface area contributed by atoms with Crippen LogP contribution in [0.5, 0.6) is 11.5 Å². The number of nitro groups is 1. The molecule has 2 aromatic rings. The van der Waals surface area contributed by atoms with Gasteiger partial charge in [-0.15, -0.1) is 0 Å². The van der Waals surface area contributed by atoms with Gasteiger partial charge in [-0.1, -0.05) is 18.2 Å². The first-order valence-corrected chi connectivity index (χ1v) is 5.51. The van der Waals surface area contributed by atoms with Gasteiger partial charge in [0.15, 0.2) is 5.82 Å². The van der Waals surface area contributed by atoms with Crippen molar-refractivity contribution in [2.45, 2.75) is 6.54 Å². The van der Waals surface area contributed by atoms with Crippen LogP contribution in [0.3, 0.4) is 0 Å². The maximum Gasteiger partial charge on any atom is 0.314 e. The lowest BCUT2D eigenvalue weighted by molar-refractivity contribution is -0.385. The molecule has 2 aromatic carbocycles. The highest BCUT2D eigenvalue weighted by molar-refractivity contribution is 5.49. The van der Waals surface area contributed by atoms with E-state index >= 15 is 0 Å². The standard InChI is InChI=1S/C13H11FN2O3/c14-11-5-2-6-12(16(17)18)13(11)19-10-4-1-3-9(7-10)8-15/h1-7H,8,15H2. The number of ether oxygens (including phenoxy) is 1. The van der Waals surface area contributed by atoms with Gasteiger partial charge in [-0.2, -0.15) is 0 Å². The molecule has 19 heavy (non-hydrogen) atoms.